The van der Waals surface area contributed by atoms with E-state index in [-0.39, 0.29) is 36.5 Å². The minimum absolute atomic E-state index is 0.0458. The van der Waals surface area contributed by atoms with Gasteiger partial charge in [-0.25, -0.2) is 18.7 Å². The number of anilines is 1. The number of piperidine rings is 1. The topological polar surface area (TPSA) is 107 Å². The van der Waals surface area contributed by atoms with E-state index >= 15 is 0 Å². The molecule has 5 rings (SSSR count). The fourth-order valence-electron chi connectivity index (χ4n) is 5.62. The van der Waals surface area contributed by atoms with Gasteiger partial charge in [0, 0.05) is 32.2 Å². The van der Waals surface area contributed by atoms with Gasteiger partial charge in [-0.15, -0.1) is 0 Å². The van der Waals surface area contributed by atoms with Crippen molar-refractivity contribution in [1.82, 2.24) is 20.0 Å². The number of fused-ring (bicyclic) bond motifs is 4. The van der Waals surface area contributed by atoms with E-state index in [1.54, 1.807) is 10.7 Å². The number of halogens is 1. The maximum absolute atomic E-state index is 14.6. The summed E-state index contributed by atoms with van der Waals surface area (Å²) in [6.45, 7) is 5.69. The van der Waals surface area contributed by atoms with Gasteiger partial charge in [0.2, 0.25) is 0 Å². The number of benzene rings is 1. The van der Waals surface area contributed by atoms with Crippen LogP contribution in [-0.4, -0.2) is 65.5 Å². The predicted octanol–water partition coefficient (Wildman–Crippen LogP) is 5.02. The highest BCUT2D eigenvalue weighted by Gasteiger charge is 2.45. The standard InChI is InChI=1S/C28H38FN5O5/c1-28(2,3)39-27(36)33-17-7-6-8-22(33)24-21(14-17)32-34(18-11-12-20(29)19(13-18)16-9-10-16)25(24)31-26(35)30-15-23(37-4)38-5/h11-13,16-17,22-23H,6-10,14-15H2,1-5H3,(H2,30,31,35). The number of nitrogens with one attached hydrogen (secondary N) is 2. The molecule has 1 saturated heterocycles. The highest BCUT2D eigenvalue weighted by atomic mass is 19.1. The fraction of sp³-hybridized carbons (Fsp3) is 0.607. The van der Waals surface area contributed by atoms with Gasteiger partial charge in [0.1, 0.15) is 17.2 Å². The molecule has 39 heavy (non-hydrogen) atoms. The highest BCUT2D eigenvalue weighted by Crippen LogP contribution is 2.47. The summed E-state index contributed by atoms with van der Waals surface area (Å²) in [6.07, 6.45) is 3.99. The lowest BCUT2D eigenvalue weighted by Gasteiger charge is -2.45. The molecule has 212 valence electrons. The molecule has 3 aliphatic rings. The molecule has 1 saturated carbocycles. The summed E-state index contributed by atoms with van der Waals surface area (Å²) in [4.78, 5) is 28.3. The molecule has 1 aromatic heterocycles. The Hall–Kier alpha value is -3.18. The van der Waals surface area contributed by atoms with Crippen molar-refractivity contribution in [2.24, 2.45) is 0 Å². The van der Waals surface area contributed by atoms with E-state index in [1.807, 2.05) is 31.7 Å². The van der Waals surface area contributed by atoms with Crippen LogP contribution in [0.3, 0.4) is 0 Å². The van der Waals surface area contributed by atoms with Gasteiger partial charge in [-0.2, -0.15) is 5.10 Å². The van der Waals surface area contributed by atoms with Gasteiger partial charge in [-0.3, -0.25) is 10.2 Å². The van der Waals surface area contributed by atoms with Gasteiger partial charge in [-0.1, -0.05) is 0 Å². The van der Waals surface area contributed by atoms with Gasteiger partial charge in [0.25, 0.3) is 0 Å². The quantitative estimate of drug-likeness (QED) is 0.475. The molecule has 2 unspecified atom stereocenters. The number of hydrogen-bond acceptors (Lipinski definition) is 6. The zero-order valence-corrected chi connectivity index (χ0v) is 23.3. The van der Waals surface area contributed by atoms with Gasteiger partial charge in [0.05, 0.1) is 24.0 Å². The van der Waals surface area contributed by atoms with Crippen LogP contribution in [-0.2, 0) is 20.6 Å². The summed E-state index contributed by atoms with van der Waals surface area (Å²) >= 11 is 0. The molecule has 3 heterocycles. The number of urea groups is 1. The summed E-state index contributed by atoms with van der Waals surface area (Å²) in [7, 11) is 2.99. The third-order valence-electron chi connectivity index (χ3n) is 7.54. The molecule has 2 atom stereocenters. The third kappa shape index (κ3) is 5.74. The molecular weight excluding hydrogens is 505 g/mol. The zero-order valence-electron chi connectivity index (χ0n) is 23.3. The average Bonchev–Trinajstić information content (AvgIpc) is 3.66. The van der Waals surface area contributed by atoms with Crippen LogP contribution in [0.1, 0.15) is 81.7 Å². The number of carbonyl (C=O) groups is 2. The van der Waals surface area contributed by atoms with E-state index in [2.05, 4.69) is 10.6 Å². The van der Waals surface area contributed by atoms with Gasteiger partial charge in [-0.05, 0) is 82.6 Å². The molecular formula is C28H38FN5O5. The van der Waals surface area contributed by atoms with Gasteiger partial charge in [0.15, 0.2) is 6.29 Å². The van der Waals surface area contributed by atoms with Gasteiger partial charge >= 0.3 is 12.1 Å². The number of ether oxygens (including phenoxy) is 3. The maximum Gasteiger partial charge on any atom is 0.411 e. The second-order valence-electron chi connectivity index (χ2n) is 11.5. The zero-order chi connectivity index (χ0) is 27.9. The summed E-state index contributed by atoms with van der Waals surface area (Å²) in [5.41, 5.74) is 2.30. The predicted molar refractivity (Wildman–Crippen MR) is 142 cm³/mol. The molecule has 11 heteroatoms. The molecule has 2 bridgehead atoms. The molecule has 0 spiro atoms. The number of carbonyl (C=O) groups excluding carboxylic acids is 2. The first-order valence-corrected chi connectivity index (χ1v) is 13.6. The highest BCUT2D eigenvalue weighted by molar-refractivity contribution is 5.90. The first-order valence-electron chi connectivity index (χ1n) is 13.6. The van der Waals surface area contributed by atoms with Crippen LogP contribution in [0.4, 0.5) is 19.8 Å². The van der Waals surface area contributed by atoms with E-state index in [4.69, 9.17) is 19.3 Å². The van der Waals surface area contributed by atoms with E-state index in [0.29, 0.717) is 23.5 Å². The van der Waals surface area contributed by atoms with Crippen LogP contribution in [0, 0.1) is 5.82 Å². The minimum Gasteiger partial charge on any atom is -0.444 e. The second-order valence-corrected chi connectivity index (χ2v) is 11.5. The van der Waals surface area contributed by atoms with Crippen molar-refractivity contribution in [3.05, 3.63) is 40.8 Å². The number of hydrogen-bond donors (Lipinski definition) is 2. The second kappa shape index (κ2) is 10.8. The average molecular weight is 544 g/mol. The van der Waals surface area contributed by atoms with E-state index < -0.39 is 17.9 Å². The minimum atomic E-state index is -0.636. The first kappa shape index (κ1) is 27.4. The monoisotopic (exact) mass is 543 g/mol. The van der Waals surface area contributed by atoms with Crippen LogP contribution in [0.2, 0.25) is 0 Å². The van der Waals surface area contributed by atoms with Crippen molar-refractivity contribution in [3.63, 3.8) is 0 Å². The SMILES string of the molecule is COC(CNC(=O)Nc1c2c(nn1-c1ccc(F)c(C3CC3)c1)CC1CCCC2N1C(=O)OC(C)(C)C)OC. The number of aromatic nitrogens is 2. The molecule has 2 fully saturated rings. The Balaban J connectivity index is 1.54. The number of amides is 3. The molecule has 10 nitrogen and oxygen atoms in total. The Labute approximate surface area is 228 Å². The van der Waals surface area contributed by atoms with E-state index in [0.717, 1.165) is 43.4 Å². The van der Waals surface area contributed by atoms with Crippen molar-refractivity contribution in [3.8, 4) is 5.69 Å². The van der Waals surface area contributed by atoms with Crippen LogP contribution in [0.5, 0.6) is 0 Å². The Morgan fingerprint density at radius 3 is 2.56 bits per heavy atom. The summed E-state index contributed by atoms with van der Waals surface area (Å²) in [6, 6.07) is 4.13. The number of rotatable bonds is 7. The normalized spacial score (nSPS) is 20.5. The van der Waals surface area contributed by atoms with Crippen molar-refractivity contribution >= 4 is 17.9 Å². The Bertz CT molecular complexity index is 1230. The van der Waals surface area contributed by atoms with Crippen molar-refractivity contribution in [2.75, 3.05) is 26.1 Å². The smallest absolute Gasteiger partial charge is 0.411 e. The largest absolute Gasteiger partial charge is 0.444 e. The lowest BCUT2D eigenvalue weighted by atomic mass is 9.83. The van der Waals surface area contributed by atoms with E-state index in [1.165, 1.54) is 20.3 Å². The van der Waals surface area contributed by atoms with Crippen molar-refractivity contribution in [2.45, 2.75) is 89.2 Å². The molecule has 2 aromatic rings. The number of nitrogens with zero attached hydrogens (tertiary/aromatic N) is 3. The molecule has 2 aliphatic heterocycles. The Morgan fingerprint density at radius 2 is 1.90 bits per heavy atom. The van der Waals surface area contributed by atoms with Crippen LogP contribution in [0.15, 0.2) is 18.2 Å². The molecule has 0 radical (unpaired) electrons. The maximum atomic E-state index is 14.6. The summed E-state index contributed by atoms with van der Waals surface area (Å²) < 4.78 is 32.4. The molecule has 2 N–H and O–H groups in total. The van der Waals surface area contributed by atoms with Crippen LogP contribution >= 0.6 is 0 Å². The summed E-state index contributed by atoms with van der Waals surface area (Å²) in [5.74, 6) is 0.431. The first-order chi connectivity index (χ1) is 18.6. The van der Waals surface area contributed by atoms with Crippen molar-refractivity contribution < 1.29 is 28.2 Å². The molecule has 1 aliphatic carbocycles. The molecule has 1 aromatic carbocycles. The van der Waals surface area contributed by atoms with Crippen LogP contribution in [0.25, 0.3) is 5.69 Å². The molecule has 3 amide bonds. The summed E-state index contributed by atoms with van der Waals surface area (Å²) in [5, 5.41) is 10.7. The Morgan fingerprint density at radius 1 is 1.15 bits per heavy atom. The fourth-order valence-corrected chi connectivity index (χ4v) is 5.62. The number of methoxy groups -OCH3 is 2. The third-order valence-corrected chi connectivity index (χ3v) is 7.54. The Kier molecular flexibility index (Phi) is 7.56. The lowest BCUT2D eigenvalue weighted by molar-refractivity contribution is -0.0970. The van der Waals surface area contributed by atoms with E-state index in [9.17, 15) is 14.0 Å². The van der Waals surface area contributed by atoms with Crippen molar-refractivity contribution in [1.29, 1.82) is 0 Å². The lowest BCUT2D eigenvalue weighted by Crippen LogP contribution is -2.51. The van der Waals surface area contributed by atoms with Gasteiger partial charge < -0.3 is 19.5 Å². The van der Waals surface area contributed by atoms with Crippen LogP contribution < -0.4 is 10.6 Å².